The number of carboxylic acid groups (broad SMARTS) is 1. The number of carboxylic acids is 1. The molecule has 176 valence electrons. The lowest BCUT2D eigenvalue weighted by atomic mass is 9.98. The number of amides is 2. The SMILES string of the molecule is CN(CCCCC(=O)O)C(=O)c1cc(NC(=O)OCC2c3ccccc3-c3ccccc32)n[nH]1. The first-order chi connectivity index (χ1) is 16.4. The fourth-order valence-electron chi connectivity index (χ4n) is 4.17. The monoisotopic (exact) mass is 462 g/mol. The van der Waals surface area contributed by atoms with Crippen molar-refractivity contribution in [3.8, 4) is 11.1 Å². The third-order valence-electron chi connectivity index (χ3n) is 5.86. The molecule has 1 aromatic heterocycles. The highest BCUT2D eigenvalue weighted by atomic mass is 16.5. The number of carbonyl (C=O) groups is 3. The first-order valence-corrected chi connectivity index (χ1v) is 11.1. The third-order valence-corrected chi connectivity index (χ3v) is 5.86. The molecule has 0 spiro atoms. The number of H-pyrrole nitrogens is 1. The quantitative estimate of drug-likeness (QED) is 0.411. The Morgan fingerprint density at radius 1 is 1.06 bits per heavy atom. The zero-order valence-electron chi connectivity index (χ0n) is 18.8. The van der Waals surface area contributed by atoms with Crippen molar-refractivity contribution in [1.82, 2.24) is 15.1 Å². The van der Waals surface area contributed by atoms with E-state index in [-0.39, 0.29) is 36.4 Å². The second kappa shape index (κ2) is 10.2. The smallest absolute Gasteiger partial charge is 0.412 e. The summed E-state index contributed by atoms with van der Waals surface area (Å²) in [4.78, 5) is 37.0. The van der Waals surface area contributed by atoms with Gasteiger partial charge in [-0.15, -0.1) is 0 Å². The molecule has 0 unspecified atom stereocenters. The molecule has 0 aliphatic heterocycles. The number of fused-ring (bicyclic) bond motifs is 3. The van der Waals surface area contributed by atoms with Crippen molar-refractivity contribution in [3.05, 3.63) is 71.4 Å². The molecule has 0 radical (unpaired) electrons. The standard InChI is InChI=1S/C25H26N4O5/c1-29(13-7-6-12-23(30)31)24(32)21-14-22(28-27-21)26-25(33)34-15-20-18-10-4-2-8-16(18)17-9-3-5-11-19(17)20/h2-5,8-11,14,20H,6-7,12-13,15H2,1H3,(H,30,31)(H2,26,27,28,33). The maximum absolute atomic E-state index is 12.5. The Morgan fingerprint density at radius 3 is 2.35 bits per heavy atom. The zero-order valence-corrected chi connectivity index (χ0v) is 18.8. The number of hydrogen-bond donors (Lipinski definition) is 3. The molecular formula is C25H26N4O5. The fraction of sp³-hybridized carbons (Fsp3) is 0.280. The van der Waals surface area contributed by atoms with E-state index in [0.717, 1.165) is 22.3 Å². The van der Waals surface area contributed by atoms with Gasteiger partial charge < -0.3 is 14.7 Å². The number of unbranched alkanes of at least 4 members (excludes halogenated alkanes) is 1. The topological polar surface area (TPSA) is 125 Å². The number of ether oxygens (including phenoxy) is 1. The number of aromatic nitrogens is 2. The van der Waals surface area contributed by atoms with Gasteiger partial charge in [0.05, 0.1) is 0 Å². The predicted octanol–water partition coefficient (Wildman–Crippen LogP) is 4.10. The molecule has 0 atom stereocenters. The summed E-state index contributed by atoms with van der Waals surface area (Å²) < 4.78 is 5.50. The summed E-state index contributed by atoms with van der Waals surface area (Å²) in [5.41, 5.74) is 4.75. The van der Waals surface area contributed by atoms with Crippen molar-refractivity contribution < 1.29 is 24.2 Å². The first-order valence-electron chi connectivity index (χ1n) is 11.1. The van der Waals surface area contributed by atoms with E-state index in [4.69, 9.17) is 9.84 Å². The van der Waals surface area contributed by atoms with Gasteiger partial charge in [0, 0.05) is 32.0 Å². The van der Waals surface area contributed by atoms with Crippen molar-refractivity contribution in [2.75, 3.05) is 25.5 Å². The Morgan fingerprint density at radius 2 is 1.71 bits per heavy atom. The van der Waals surface area contributed by atoms with Gasteiger partial charge in [-0.3, -0.25) is 20.0 Å². The van der Waals surface area contributed by atoms with Crippen LogP contribution in [0.15, 0.2) is 54.6 Å². The van der Waals surface area contributed by atoms with Crippen LogP contribution >= 0.6 is 0 Å². The van der Waals surface area contributed by atoms with Gasteiger partial charge in [0.2, 0.25) is 0 Å². The predicted molar refractivity (Wildman–Crippen MR) is 126 cm³/mol. The molecule has 0 saturated heterocycles. The zero-order chi connectivity index (χ0) is 24.1. The van der Waals surface area contributed by atoms with Crippen molar-refractivity contribution in [1.29, 1.82) is 0 Å². The van der Waals surface area contributed by atoms with Crippen LogP contribution in [-0.2, 0) is 9.53 Å². The number of nitrogens with one attached hydrogen (secondary N) is 2. The van der Waals surface area contributed by atoms with Crippen molar-refractivity contribution in [2.45, 2.75) is 25.2 Å². The molecule has 34 heavy (non-hydrogen) atoms. The lowest BCUT2D eigenvalue weighted by Crippen LogP contribution is -2.28. The van der Waals surface area contributed by atoms with Crippen LogP contribution < -0.4 is 5.32 Å². The van der Waals surface area contributed by atoms with E-state index in [1.54, 1.807) is 7.05 Å². The highest BCUT2D eigenvalue weighted by Crippen LogP contribution is 2.44. The summed E-state index contributed by atoms with van der Waals surface area (Å²) >= 11 is 0. The van der Waals surface area contributed by atoms with E-state index >= 15 is 0 Å². The average Bonchev–Trinajstić information content (AvgIpc) is 3.42. The van der Waals surface area contributed by atoms with Crippen molar-refractivity contribution in [3.63, 3.8) is 0 Å². The Balaban J connectivity index is 1.31. The Hall–Kier alpha value is -4.14. The van der Waals surface area contributed by atoms with E-state index in [0.29, 0.717) is 19.4 Å². The van der Waals surface area contributed by atoms with Crippen LogP contribution in [0, 0.1) is 0 Å². The highest BCUT2D eigenvalue weighted by molar-refractivity contribution is 5.94. The van der Waals surface area contributed by atoms with Gasteiger partial charge in [-0.1, -0.05) is 48.5 Å². The van der Waals surface area contributed by atoms with Gasteiger partial charge in [-0.05, 0) is 35.1 Å². The molecule has 0 fully saturated rings. The van der Waals surface area contributed by atoms with Gasteiger partial charge in [0.1, 0.15) is 12.3 Å². The Labute approximate surface area is 196 Å². The average molecular weight is 463 g/mol. The molecule has 1 aliphatic rings. The second-order valence-electron chi connectivity index (χ2n) is 8.19. The number of benzene rings is 2. The first kappa shape index (κ1) is 23.0. The molecule has 4 rings (SSSR count). The molecule has 1 aliphatic carbocycles. The van der Waals surface area contributed by atoms with Crippen LogP contribution in [0.2, 0.25) is 0 Å². The normalized spacial score (nSPS) is 12.0. The van der Waals surface area contributed by atoms with E-state index in [2.05, 4.69) is 27.6 Å². The molecular weight excluding hydrogens is 436 g/mol. The molecule has 2 aromatic carbocycles. The number of hydrogen-bond acceptors (Lipinski definition) is 5. The summed E-state index contributed by atoms with van der Waals surface area (Å²) in [6, 6.07) is 17.6. The summed E-state index contributed by atoms with van der Waals surface area (Å²) in [6.45, 7) is 0.593. The second-order valence-corrected chi connectivity index (χ2v) is 8.19. The van der Waals surface area contributed by atoms with Crippen LogP contribution in [0.1, 0.15) is 46.8 Å². The van der Waals surface area contributed by atoms with E-state index < -0.39 is 12.1 Å². The summed E-state index contributed by atoms with van der Waals surface area (Å²) in [7, 11) is 1.63. The molecule has 2 amide bonds. The Bertz CT molecular complexity index is 1160. The van der Waals surface area contributed by atoms with Gasteiger partial charge in [-0.2, -0.15) is 5.10 Å². The molecule has 9 nitrogen and oxygen atoms in total. The van der Waals surface area contributed by atoms with Gasteiger partial charge in [-0.25, -0.2) is 4.79 Å². The number of anilines is 1. The van der Waals surface area contributed by atoms with Crippen LogP contribution in [0.4, 0.5) is 10.6 Å². The number of carbonyl (C=O) groups excluding carboxylic acids is 2. The lowest BCUT2D eigenvalue weighted by molar-refractivity contribution is -0.137. The number of rotatable bonds is 9. The Kier molecular flexibility index (Phi) is 6.91. The maximum atomic E-state index is 12.5. The number of aromatic amines is 1. The minimum atomic E-state index is -0.855. The molecule has 3 N–H and O–H groups in total. The maximum Gasteiger partial charge on any atom is 0.412 e. The van der Waals surface area contributed by atoms with Gasteiger partial charge in [0.15, 0.2) is 5.82 Å². The van der Waals surface area contributed by atoms with E-state index in [9.17, 15) is 14.4 Å². The number of nitrogens with zero attached hydrogens (tertiary/aromatic N) is 2. The molecule has 0 saturated carbocycles. The fourth-order valence-corrected chi connectivity index (χ4v) is 4.17. The number of aliphatic carboxylic acids is 1. The van der Waals surface area contributed by atoms with Gasteiger partial charge >= 0.3 is 12.1 Å². The van der Waals surface area contributed by atoms with E-state index in [1.807, 2.05) is 36.4 Å². The minimum Gasteiger partial charge on any atom is -0.481 e. The molecule has 3 aromatic rings. The summed E-state index contributed by atoms with van der Waals surface area (Å²) in [6.07, 6.45) is 0.479. The third kappa shape index (κ3) is 5.09. The molecule has 1 heterocycles. The molecule has 9 heteroatoms. The van der Waals surface area contributed by atoms with Crippen LogP contribution in [0.3, 0.4) is 0 Å². The summed E-state index contributed by atoms with van der Waals surface area (Å²) in [5.74, 6) is -1.03. The largest absolute Gasteiger partial charge is 0.481 e. The van der Waals surface area contributed by atoms with Crippen LogP contribution in [-0.4, -0.2) is 58.4 Å². The minimum absolute atomic E-state index is 0.0516. The van der Waals surface area contributed by atoms with Gasteiger partial charge in [0.25, 0.3) is 5.91 Å². The van der Waals surface area contributed by atoms with Crippen molar-refractivity contribution >= 4 is 23.8 Å². The summed E-state index contributed by atoms with van der Waals surface area (Å²) in [5, 5.41) is 17.8. The van der Waals surface area contributed by atoms with Crippen LogP contribution in [0.5, 0.6) is 0 Å². The molecule has 0 bridgehead atoms. The van der Waals surface area contributed by atoms with Crippen molar-refractivity contribution in [2.24, 2.45) is 0 Å². The van der Waals surface area contributed by atoms with Crippen LogP contribution in [0.25, 0.3) is 11.1 Å². The highest BCUT2D eigenvalue weighted by Gasteiger charge is 2.29. The van der Waals surface area contributed by atoms with E-state index in [1.165, 1.54) is 11.0 Å². The lowest BCUT2D eigenvalue weighted by Gasteiger charge is -2.15.